The minimum absolute atomic E-state index is 0.218. The van der Waals surface area contributed by atoms with Crippen molar-refractivity contribution >= 4 is 17.3 Å². The number of aliphatic hydroxyl groups excluding tert-OH is 1. The molecule has 1 heterocycles. The van der Waals surface area contributed by atoms with Crippen LogP contribution in [0, 0.1) is 0 Å². The summed E-state index contributed by atoms with van der Waals surface area (Å²) in [6.45, 7) is 4.40. The lowest BCUT2D eigenvalue weighted by Crippen LogP contribution is -2.28. The van der Waals surface area contributed by atoms with Gasteiger partial charge < -0.3 is 15.5 Å². The molecule has 0 saturated heterocycles. The Labute approximate surface area is 98.9 Å². The van der Waals surface area contributed by atoms with Crippen molar-refractivity contribution in [2.45, 2.75) is 39.0 Å². The molecular formula is C11H17NO3S. The number of rotatable bonds is 6. The van der Waals surface area contributed by atoms with Crippen molar-refractivity contribution < 1.29 is 15.0 Å². The summed E-state index contributed by atoms with van der Waals surface area (Å²) in [4.78, 5) is 12.0. The molecule has 4 nitrogen and oxygen atoms in total. The minimum atomic E-state index is -0.881. The highest BCUT2D eigenvalue weighted by molar-refractivity contribution is 7.13. The summed E-state index contributed by atoms with van der Waals surface area (Å²) in [5.41, 5.74) is 0. The Hall–Kier alpha value is -0.910. The largest absolute Gasteiger partial charge is 0.477 e. The van der Waals surface area contributed by atoms with Gasteiger partial charge in [0, 0.05) is 17.5 Å². The van der Waals surface area contributed by atoms with Crippen LogP contribution >= 0.6 is 11.3 Å². The van der Waals surface area contributed by atoms with Gasteiger partial charge in [-0.25, -0.2) is 4.79 Å². The molecule has 5 heteroatoms. The third-order valence-corrected chi connectivity index (χ3v) is 3.27. The van der Waals surface area contributed by atoms with Gasteiger partial charge in [0.2, 0.25) is 0 Å². The first-order valence-corrected chi connectivity index (χ1v) is 6.04. The molecule has 0 amide bonds. The molecular weight excluding hydrogens is 226 g/mol. The highest BCUT2D eigenvalue weighted by Crippen LogP contribution is 2.16. The maximum absolute atomic E-state index is 10.7. The van der Waals surface area contributed by atoms with Crippen molar-refractivity contribution in [2.75, 3.05) is 0 Å². The molecule has 1 aromatic rings. The molecule has 1 aromatic heterocycles. The monoisotopic (exact) mass is 243 g/mol. The van der Waals surface area contributed by atoms with E-state index in [1.807, 2.05) is 13.0 Å². The topological polar surface area (TPSA) is 69.6 Å². The Morgan fingerprint density at radius 1 is 1.50 bits per heavy atom. The molecule has 0 radical (unpaired) electrons. The number of nitrogens with one attached hydrogen (secondary N) is 1. The van der Waals surface area contributed by atoms with E-state index < -0.39 is 5.97 Å². The van der Waals surface area contributed by atoms with Crippen molar-refractivity contribution in [2.24, 2.45) is 0 Å². The van der Waals surface area contributed by atoms with Gasteiger partial charge in [-0.1, -0.05) is 0 Å². The van der Waals surface area contributed by atoms with E-state index in [0.29, 0.717) is 17.8 Å². The van der Waals surface area contributed by atoms with Crippen LogP contribution in [0.3, 0.4) is 0 Å². The van der Waals surface area contributed by atoms with Crippen LogP contribution in [0.2, 0.25) is 0 Å². The van der Waals surface area contributed by atoms with E-state index in [9.17, 15) is 9.90 Å². The molecule has 1 rings (SSSR count). The van der Waals surface area contributed by atoms with Gasteiger partial charge >= 0.3 is 5.97 Å². The van der Waals surface area contributed by atoms with Crippen LogP contribution in [0.1, 0.15) is 34.8 Å². The normalized spacial score (nSPS) is 14.7. The van der Waals surface area contributed by atoms with Gasteiger partial charge in [0.15, 0.2) is 0 Å². The third-order valence-electron chi connectivity index (χ3n) is 2.19. The van der Waals surface area contributed by atoms with Crippen LogP contribution in [-0.2, 0) is 6.54 Å². The number of carbonyl (C=O) groups is 1. The summed E-state index contributed by atoms with van der Waals surface area (Å²) in [7, 11) is 0. The predicted octanol–water partition coefficient (Wildman–Crippen LogP) is 1.70. The van der Waals surface area contributed by atoms with E-state index in [0.717, 1.165) is 4.88 Å². The Kier molecular flexibility index (Phi) is 4.92. The SMILES string of the molecule is CC(O)CC(C)NCc1ccc(C(=O)O)s1. The van der Waals surface area contributed by atoms with Crippen molar-refractivity contribution in [3.63, 3.8) is 0 Å². The van der Waals surface area contributed by atoms with E-state index >= 15 is 0 Å². The van der Waals surface area contributed by atoms with Crippen molar-refractivity contribution in [1.82, 2.24) is 5.32 Å². The predicted molar refractivity (Wildman–Crippen MR) is 63.9 cm³/mol. The van der Waals surface area contributed by atoms with E-state index in [1.165, 1.54) is 11.3 Å². The first-order chi connectivity index (χ1) is 7.49. The number of carboxylic acids is 1. The van der Waals surface area contributed by atoms with Crippen LogP contribution in [0.4, 0.5) is 0 Å². The number of hydrogen-bond donors (Lipinski definition) is 3. The maximum atomic E-state index is 10.7. The van der Waals surface area contributed by atoms with Crippen LogP contribution in [0.25, 0.3) is 0 Å². The summed E-state index contributed by atoms with van der Waals surface area (Å²) in [6, 6.07) is 3.65. The molecule has 2 unspecified atom stereocenters. The Morgan fingerprint density at radius 2 is 2.19 bits per heavy atom. The summed E-state index contributed by atoms with van der Waals surface area (Å²) in [6.07, 6.45) is 0.373. The zero-order valence-electron chi connectivity index (χ0n) is 9.43. The molecule has 0 spiro atoms. The molecule has 0 saturated carbocycles. The van der Waals surface area contributed by atoms with E-state index in [-0.39, 0.29) is 12.1 Å². The van der Waals surface area contributed by atoms with Gasteiger partial charge in [0.25, 0.3) is 0 Å². The average Bonchev–Trinajstić information content (AvgIpc) is 2.61. The van der Waals surface area contributed by atoms with Gasteiger partial charge in [-0.3, -0.25) is 0 Å². The second-order valence-corrected chi connectivity index (χ2v) is 5.11. The lowest BCUT2D eigenvalue weighted by molar-refractivity contribution is 0.0702. The molecule has 0 aliphatic carbocycles. The summed E-state index contributed by atoms with van der Waals surface area (Å²) >= 11 is 1.28. The highest BCUT2D eigenvalue weighted by Gasteiger charge is 2.09. The second-order valence-electron chi connectivity index (χ2n) is 3.94. The van der Waals surface area contributed by atoms with Gasteiger partial charge in [-0.05, 0) is 32.4 Å². The highest BCUT2D eigenvalue weighted by atomic mass is 32.1. The summed E-state index contributed by atoms with van der Waals surface area (Å²) in [5, 5.41) is 21.2. The van der Waals surface area contributed by atoms with Gasteiger partial charge in [0.1, 0.15) is 4.88 Å². The van der Waals surface area contributed by atoms with Crippen molar-refractivity contribution in [3.8, 4) is 0 Å². The van der Waals surface area contributed by atoms with Gasteiger partial charge in [-0.2, -0.15) is 0 Å². The lowest BCUT2D eigenvalue weighted by atomic mass is 10.1. The number of aromatic carboxylic acids is 1. The lowest BCUT2D eigenvalue weighted by Gasteiger charge is -2.14. The molecule has 0 bridgehead atoms. The fraction of sp³-hybridized carbons (Fsp3) is 0.545. The maximum Gasteiger partial charge on any atom is 0.345 e. The molecule has 0 fully saturated rings. The van der Waals surface area contributed by atoms with Crippen LogP contribution in [0.5, 0.6) is 0 Å². The molecule has 90 valence electrons. The first-order valence-electron chi connectivity index (χ1n) is 5.22. The van der Waals surface area contributed by atoms with Crippen LogP contribution < -0.4 is 5.32 Å². The number of aliphatic hydroxyl groups is 1. The van der Waals surface area contributed by atoms with Crippen molar-refractivity contribution in [3.05, 3.63) is 21.9 Å². The second kappa shape index (κ2) is 5.98. The molecule has 3 N–H and O–H groups in total. The Balaban J connectivity index is 2.39. The number of thiophene rings is 1. The zero-order valence-corrected chi connectivity index (χ0v) is 10.3. The minimum Gasteiger partial charge on any atom is -0.477 e. The molecule has 16 heavy (non-hydrogen) atoms. The van der Waals surface area contributed by atoms with E-state index in [4.69, 9.17) is 5.11 Å². The summed E-state index contributed by atoms with van der Waals surface area (Å²) in [5.74, 6) is -0.881. The van der Waals surface area contributed by atoms with Crippen LogP contribution in [-0.4, -0.2) is 28.3 Å². The average molecular weight is 243 g/mol. The quantitative estimate of drug-likeness (QED) is 0.711. The fourth-order valence-corrected chi connectivity index (χ4v) is 2.26. The molecule has 0 aliphatic heterocycles. The van der Waals surface area contributed by atoms with E-state index in [1.54, 1.807) is 13.0 Å². The first kappa shape index (κ1) is 13.2. The smallest absolute Gasteiger partial charge is 0.345 e. The van der Waals surface area contributed by atoms with E-state index in [2.05, 4.69) is 5.32 Å². The standard InChI is InChI=1S/C11H17NO3S/c1-7(5-8(2)13)12-6-9-3-4-10(16-9)11(14)15/h3-4,7-8,12-13H,5-6H2,1-2H3,(H,14,15). The van der Waals surface area contributed by atoms with Crippen LogP contribution in [0.15, 0.2) is 12.1 Å². The van der Waals surface area contributed by atoms with Gasteiger partial charge in [0.05, 0.1) is 6.10 Å². The molecule has 0 aromatic carbocycles. The number of hydrogen-bond acceptors (Lipinski definition) is 4. The molecule has 0 aliphatic rings. The fourth-order valence-electron chi connectivity index (χ4n) is 1.46. The van der Waals surface area contributed by atoms with Gasteiger partial charge in [-0.15, -0.1) is 11.3 Å². The third kappa shape index (κ3) is 4.30. The van der Waals surface area contributed by atoms with Crippen molar-refractivity contribution in [1.29, 1.82) is 0 Å². The number of carboxylic acid groups (broad SMARTS) is 1. The molecule has 2 atom stereocenters. The summed E-state index contributed by atoms with van der Waals surface area (Å²) < 4.78 is 0. The Bertz CT molecular complexity index is 349. The Morgan fingerprint density at radius 3 is 2.69 bits per heavy atom. The zero-order chi connectivity index (χ0) is 12.1.